The summed E-state index contributed by atoms with van der Waals surface area (Å²) in [5.74, 6) is 1.89. The van der Waals surface area contributed by atoms with E-state index in [0.29, 0.717) is 11.3 Å². The highest BCUT2D eigenvalue weighted by atomic mass is 35.5. The second-order valence-corrected chi connectivity index (χ2v) is 4.96. The van der Waals surface area contributed by atoms with Crippen molar-refractivity contribution in [2.75, 3.05) is 11.4 Å². The van der Waals surface area contributed by atoms with Gasteiger partial charge in [-0.05, 0) is 43.7 Å². The van der Waals surface area contributed by atoms with Gasteiger partial charge in [-0.2, -0.15) is 0 Å². The monoisotopic (exact) mass is 223 g/mol. The molecule has 3 nitrogen and oxygen atoms in total. The van der Waals surface area contributed by atoms with Gasteiger partial charge in [-0.15, -0.1) is 0 Å². The van der Waals surface area contributed by atoms with Crippen LogP contribution >= 0.6 is 11.6 Å². The number of hydrogen-bond donors (Lipinski definition) is 0. The molecule has 2 unspecified atom stereocenters. The molecule has 1 aromatic heterocycles. The van der Waals surface area contributed by atoms with Crippen molar-refractivity contribution in [2.24, 2.45) is 5.92 Å². The molecule has 1 saturated carbocycles. The summed E-state index contributed by atoms with van der Waals surface area (Å²) in [5, 5.41) is 0.368. The summed E-state index contributed by atoms with van der Waals surface area (Å²) in [6.45, 7) is 3.11. The maximum absolute atomic E-state index is 5.88. The molecule has 2 atom stereocenters. The smallest absolute Gasteiger partial charge is 0.224 e. The van der Waals surface area contributed by atoms with Crippen molar-refractivity contribution in [3.63, 3.8) is 0 Å². The Morgan fingerprint density at radius 1 is 1.40 bits per heavy atom. The van der Waals surface area contributed by atoms with E-state index in [-0.39, 0.29) is 0 Å². The van der Waals surface area contributed by atoms with Crippen LogP contribution in [0.15, 0.2) is 6.07 Å². The normalized spacial score (nSPS) is 28.8. The van der Waals surface area contributed by atoms with E-state index >= 15 is 0 Å². The fourth-order valence-electron chi connectivity index (χ4n) is 2.87. The number of piperidine rings is 1. The SMILES string of the molecule is Cc1cc(N2CC3CCC2C3)nc(Cl)n1. The highest BCUT2D eigenvalue weighted by molar-refractivity contribution is 6.28. The van der Waals surface area contributed by atoms with Crippen molar-refractivity contribution in [3.8, 4) is 0 Å². The van der Waals surface area contributed by atoms with Crippen LogP contribution in [0, 0.1) is 12.8 Å². The van der Waals surface area contributed by atoms with Crippen LogP contribution < -0.4 is 4.90 Å². The van der Waals surface area contributed by atoms with E-state index in [1.165, 1.54) is 19.3 Å². The summed E-state index contributed by atoms with van der Waals surface area (Å²) in [6, 6.07) is 2.73. The number of hydrogen-bond acceptors (Lipinski definition) is 3. The van der Waals surface area contributed by atoms with Crippen LogP contribution in [0.3, 0.4) is 0 Å². The molecule has 0 amide bonds. The highest BCUT2D eigenvalue weighted by Crippen LogP contribution is 2.39. The fraction of sp³-hybridized carbons (Fsp3) is 0.636. The van der Waals surface area contributed by atoms with E-state index in [1.807, 2.05) is 13.0 Å². The van der Waals surface area contributed by atoms with Crippen molar-refractivity contribution in [1.29, 1.82) is 0 Å². The number of rotatable bonds is 1. The lowest BCUT2D eigenvalue weighted by molar-refractivity contribution is 0.550. The van der Waals surface area contributed by atoms with Crippen LogP contribution in [0.1, 0.15) is 25.0 Å². The Labute approximate surface area is 94.5 Å². The first-order valence-corrected chi connectivity index (χ1v) is 5.88. The summed E-state index contributed by atoms with van der Waals surface area (Å²) in [6.07, 6.45) is 4.03. The zero-order valence-corrected chi connectivity index (χ0v) is 9.54. The van der Waals surface area contributed by atoms with Crippen molar-refractivity contribution in [3.05, 3.63) is 17.0 Å². The highest BCUT2D eigenvalue weighted by Gasteiger charge is 2.38. The molecule has 4 heteroatoms. The molecule has 0 aromatic carbocycles. The van der Waals surface area contributed by atoms with Gasteiger partial charge >= 0.3 is 0 Å². The molecule has 2 fully saturated rings. The number of anilines is 1. The molecule has 2 bridgehead atoms. The molecule has 0 radical (unpaired) electrons. The maximum Gasteiger partial charge on any atom is 0.224 e. The third-order valence-electron chi connectivity index (χ3n) is 3.52. The summed E-state index contributed by atoms with van der Waals surface area (Å²) in [7, 11) is 0. The maximum atomic E-state index is 5.88. The van der Waals surface area contributed by atoms with E-state index in [0.717, 1.165) is 24.0 Å². The van der Waals surface area contributed by atoms with E-state index in [9.17, 15) is 0 Å². The van der Waals surface area contributed by atoms with Gasteiger partial charge in [0.15, 0.2) is 0 Å². The second-order valence-electron chi connectivity index (χ2n) is 4.62. The summed E-state index contributed by atoms with van der Waals surface area (Å²) in [4.78, 5) is 10.8. The molecule has 80 valence electrons. The Bertz CT molecular complexity index is 373. The van der Waals surface area contributed by atoms with Gasteiger partial charge in [-0.3, -0.25) is 0 Å². The van der Waals surface area contributed by atoms with Crippen LogP contribution in [0.4, 0.5) is 5.82 Å². The van der Waals surface area contributed by atoms with Gasteiger partial charge < -0.3 is 4.90 Å². The zero-order valence-electron chi connectivity index (χ0n) is 8.78. The Balaban J connectivity index is 1.93. The van der Waals surface area contributed by atoms with Crippen LogP contribution in [-0.4, -0.2) is 22.6 Å². The van der Waals surface area contributed by atoms with E-state index in [2.05, 4.69) is 14.9 Å². The van der Waals surface area contributed by atoms with E-state index in [1.54, 1.807) is 0 Å². The average Bonchev–Trinajstić information content (AvgIpc) is 2.76. The molecule has 1 aliphatic heterocycles. The Morgan fingerprint density at radius 3 is 2.87 bits per heavy atom. The van der Waals surface area contributed by atoms with Crippen molar-refractivity contribution >= 4 is 17.4 Å². The van der Waals surface area contributed by atoms with Crippen molar-refractivity contribution in [2.45, 2.75) is 32.2 Å². The first-order chi connectivity index (χ1) is 7.22. The Kier molecular flexibility index (Phi) is 2.09. The van der Waals surface area contributed by atoms with Gasteiger partial charge in [0.05, 0.1) is 0 Å². The Morgan fingerprint density at radius 2 is 2.27 bits per heavy atom. The van der Waals surface area contributed by atoms with Gasteiger partial charge in [0.2, 0.25) is 5.28 Å². The van der Waals surface area contributed by atoms with Gasteiger partial charge in [-0.1, -0.05) is 0 Å². The van der Waals surface area contributed by atoms with Crippen LogP contribution in [-0.2, 0) is 0 Å². The minimum absolute atomic E-state index is 0.368. The van der Waals surface area contributed by atoms with Crippen LogP contribution in [0.2, 0.25) is 5.28 Å². The van der Waals surface area contributed by atoms with Gasteiger partial charge in [0.1, 0.15) is 5.82 Å². The molecular weight excluding hydrogens is 210 g/mol. The summed E-state index contributed by atoms with van der Waals surface area (Å²) >= 11 is 5.88. The standard InChI is InChI=1S/C11H14ClN3/c1-7-4-10(14-11(12)13-7)15-6-8-2-3-9(15)5-8/h4,8-9H,2-3,5-6H2,1H3. The number of halogens is 1. The molecule has 0 spiro atoms. The molecule has 2 heterocycles. The minimum Gasteiger partial charge on any atom is -0.353 e. The topological polar surface area (TPSA) is 29.0 Å². The lowest BCUT2D eigenvalue weighted by Gasteiger charge is -2.28. The molecule has 0 N–H and O–H groups in total. The van der Waals surface area contributed by atoms with Crippen molar-refractivity contribution in [1.82, 2.24) is 9.97 Å². The third-order valence-corrected chi connectivity index (χ3v) is 3.69. The zero-order chi connectivity index (χ0) is 10.4. The molecule has 3 rings (SSSR count). The van der Waals surface area contributed by atoms with Gasteiger partial charge in [0, 0.05) is 24.3 Å². The lowest BCUT2D eigenvalue weighted by atomic mass is 10.1. The second kappa shape index (κ2) is 3.34. The number of aryl methyl sites for hydroxylation is 1. The summed E-state index contributed by atoms with van der Waals surface area (Å²) in [5.41, 5.74) is 0.952. The molecule has 1 saturated heterocycles. The van der Waals surface area contributed by atoms with E-state index in [4.69, 9.17) is 11.6 Å². The molecule has 1 aromatic rings. The first kappa shape index (κ1) is 9.40. The largest absolute Gasteiger partial charge is 0.353 e. The number of fused-ring (bicyclic) bond motifs is 2. The first-order valence-electron chi connectivity index (χ1n) is 5.50. The molecule has 1 aliphatic carbocycles. The van der Waals surface area contributed by atoms with Gasteiger partial charge in [-0.25, -0.2) is 9.97 Å². The number of aromatic nitrogens is 2. The average molecular weight is 224 g/mol. The predicted octanol–water partition coefficient (Wildman–Crippen LogP) is 2.43. The Hall–Kier alpha value is -0.830. The lowest BCUT2D eigenvalue weighted by Crippen LogP contribution is -2.32. The minimum atomic E-state index is 0.368. The van der Waals surface area contributed by atoms with Crippen LogP contribution in [0.25, 0.3) is 0 Å². The van der Waals surface area contributed by atoms with Gasteiger partial charge in [0.25, 0.3) is 0 Å². The van der Waals surface area contributed by atoms with E-state index < -0.39 is 0 Å². The van der Waals surface area contributed by atoms with Crippen LogP contribution in [0.5, 0.6) is 0 Å². The third kappa shape index (κ3) is 1.59. The van der Waals surface area contributed by atoms with Crippen molar-refractivity contribution < 1.29 is 0 Å². The molecule has 15 heavy (non-hydrogen) atoms. The summed E-state index contributed by atoms with van der Waals surface area (Å²) < 4.78 is 0. The predicted molar refractivity (Wildman–Crippen MR) is 60.3 cm³/mol. The number of nitrogens with zero attached hydrogens (tertiary/aromatic N) is 3. The fourth-order valence-corrected chi connectivity index (χ4v) is 3.09. The molecule has 2 aliphatic rings. The quantitative estimate of drug-likeness (QED) is 0.685. The molecular formula is C11H14ClN3.